The topological polar surface area (TPSA) is 107 Å². The van der Waals surface area contributed by atoms with E-state index < -0.39 is 22.8 Å². The summed E-state index contributed by atoms with van der Waals surface area (Å²) in [5.41, 5.74) is 2.19. The predicted octanol–water partition coefficient (Wildman–Crippen LogP) is 3.83. The van der Waals surface area contributed by atoms with Crippen LogP contribution in [0.2, 0.25) is 0 Å². The third kappa shape index (κ3) is 4.45. The second-order valence-electron chi connectivity index (χ2n) is 5.68. The van der Waals surface area contributed by atoms with Crippen LogP contribution in [0.4, 0.5) is 10.9 Å². The number of nitro groups is 1. The first-order chi connectivity index (χ1) is 12.9. The number of carbonyl (C=O) groups excluding carboxylic acids is 1. The Morgan fingerprint density at radius 3 is 2.67 bits per heavy atom. The van der Waals surface area contributed by atoms with Crippen LogP contribution in [0.15, 0.2) is 47.8 Å². The quantitative estimate of drug-likeness (QED) is 0.511. The Balaban J connectivity index is 1.69. The van der Waals surface area contributed by atoms with Gasteiger partial charge >= 0.3 is 5.82 Å². The summed E-state index contributed by atoms with van der Waals surface area (Å²) in [5, 5.41) is 16.0. The maximum absolute atomic E-state index is 12.4. The maximum Gasteiger partial charge on any atom is 0.406 e. The van der Waals surface area contributed by atoms with E-state index in [-0.39, 0.29) is 5.75 Å². The number of carbonyl (C=O) groups is 1. The fourth-order valence-electron chi connectivity index (χ4n) is 2.28. The van der Waals surface area contributed by atoms with Crippen molar-refractivity contribution in [2.45, 2.75) is 20.0 Å². The van der Waals surface area contributed by atoms with Gasteiger partial charge in [-0.1, -0.05) is 30.3 Å². The molecule has 0 aliphatic carbocycles. The van der Waals surface area contributed by atoms with Gasteiger partial charge in [0.2, 0.25) is 5.75 Å². The van der Waals surface area contributed by atoms with E-state index >= 15 is 0 Å². The van der Waals surface area contributed by atoms with Crippen LogP contribution in [0.1, 0.15) is 12.6 Å². The number of nitrogens with one attached hydrogen (secondary N) is 1. The number of rotatable bonds is 6. The Bertz CT molecular complexity index is 975. The minimum Gasteiger partial charge on any atom is -0.473 e. The number of aromatic nitrogens is 2. The lowest BCUT2D eigenvalue weighted by Crippen LogP contribution is -2.30. The predicted molar refractivity (Wildman–Crippen MR) is 102 cm³/mol. The lowest BCUT2D eigenvalue weighted by atomic mass is 10.2. The molecule has 0 radical (unpaired) electrons. The molecule has 1 aromatic carbocycles. The van der Waals surface area contributed by atoms with Crippen LogP contribution in [0.5, 0.6) is 5.75 Å². The molecule has 138 valence electrons. The number of benzene rings is 1. The normalized spacial score (nSPS) is 11.6. The molecule has 3 rings (SSSR count). The van der Waals surface area contributed by atoms with E-state index in [2.05, 4.69) is 15.3 Å². The zero-order valence-corrected chi connectivity index (χ0v) is 15.4. The fourth-order valence-corrected chi connectivity index (χ4v) is 3.00. The Kier molecular flexibility index (Phi) is 5.41. The third-order valence-corrected chi connectivity index (χ3v) is 4.39. The van der Waals surface area contributed by atoms with Gasteiger partial charge in [0.1, 0.15) is 5.69 Å². The van der Waals surface area contributed by atoms with E-state index in [0.29, 0.717) is 10.8 Å². The number of hydrogen-bond donors (Lipinski definition) is 1. The minimum atomic E-state index is -0.961. The minimum absolute atomic E-state index is 0.0580. The van der Waals surface area contributed by atoms with Gasteiger partial charge in [0.15, 0.2) is 11.2 Å². The number of amides is 1. The smallest absolute Gasteiger partial charge is 0.406 e. The summed E-state index contributed by atoms with van der Waals surface area (Å²) in [6, 6.07) is 12.6. The zero-order valence-electron chi connectivity index (χ0n) is 14.6. The fraction of sp³-hybridized carbons (Fsp3) is 0.167. The second-order valence-corrected chi connectivity index (χ2v) is 6.54. The number of aryl methyl sites for hydroxylation is 1. The highest BCUT2D eigenvalue weighted by Gasteiger charge is 2.23. The first kappa shape index (κ1) is 18.5. The average Bonchev–Trinajstić information content (AvgIpc) is 3.12. The van der Waals surface area contributed by atoms with Crippen molar-refractivity contribution in [3.63, 3.8) is 0 Å². The zero-order chi connectivity index (χ0) is 19.4. The molecule has 1 atom stereocenters. The van der Waals surface area contributed by atoms with Crippen molar-refractivity contribution in [2.24, 2.45) is 0 Å². The maximum atomic E-state index is 12.4. The summed E-state index contributed by atoms with van der Waals surface area (Å²) in [6.45, 7) is 3.14. The number of thiazole rings is 1. The van der Waals surface area contributed by atoms with Crippen molar-refractivity contribution in [2.75, 3.05) is 5.32 Å². The van der Waals surface area contributed by atoms with Crippen molar-refractivity contribution in [3.8, 4) is 17.0 Å². The van der Waals surface area contributed by atoms with Gasteiger partial charge in [0, 0.05) is 17.9 Å². The first-order valence-electron chi connectivity index (χ1n) is 8.04. The number of nitrogens with zero attached hydrogens (tertiary/aromatic N) is 3. The first-order valence-corrected chi connectivity index (χ1v) is 8.92. The van der Waals surface area contributed by atoms with E-state index in [1.807, 2.05) is 35.7 Å². The second kappa shape index (κ2) is 7.92. The molecular formula is C18H16N4O4S. The molecule has 0 saturated heterocycles. The van der Waals surface area contributed by atoms with Crippen molar-refractivity contribution >= 4 is 28.2 Å². The van der Waals surface area contributed by atoms with Crippen LogP contribution in [0.25, 0.3) is 11.3 Å². The Morgan fingerprint density at radius 2 is 1.96 bits per heavy atom. The highest BCUT2D eigenvalue weighted by Crippen LogP contribution is 2.27. The van der Waals surface area contributed by atoms with Crippen LogP contribution in [0, 0.1) is 17.0 Å². The number of hydrogen-bond acceptors (Lipinski definition) is 7. The number of pyridine rings is 1. The van der Waals surface area contributed by atoms with Gasteiger partial charge in [0.05, 0.1) is 5.69 Å². The van der Waals surface area contributed by atoms with Gasteiger partial charge in [0.25, 0.3) is 5.91 Å². The van der Waals surface area contributed by atoms with Crippen LogP contribution < -0.4 is 10.1 Å². The molecule has 0 bridgehead atoms. The lowest BCUT2D eigenvalue weighted by molar-refractivity contribution is -0.390. The summed E-state index contributed by atoms with van der Waals surface area (Å²) in [5.74, 6) is -0.938. The SMILES string of the molecule is Cc1ccc(O[C@H](C)C(=O)Nc2nc(-c3ccccc3)cs2)c([N+](=O)[O-])n1. The molecule has 0 saturated carbocycles. The molecule has 3 aromatic rings. The molecule has 0 fully saturated rings. The molecule has 2 aromatic heterocycles. The molecule has 0 spiro atoms. The van der Waals surface area contributed by atoms with E-state index in [9.17, 15) is 14.9 Å². The molecule has 1 N–H and O–H groups in total. The lowest BCUT2D eigenvalue weighted by Gasteiger charge is -2.13. The Labute approximate surface area is 159 Å². The van der Waals surface area contributed by atoms with Gasteiger partial charge in [-0.25, -0.2) is 4.98 Å². The van der Waals surface area contributed by atoms with Crippen LogP contribution in [0.3, 0.4) is 0 Å². The Morgan fingerprint density at radius 1 is 1.22 bits per heavy atom. The molecular weight excluding hydrogens is 368 g/mol. The van der Waals surface area contributed by atoms with E-state index in [1.165, 1.54) is 24.3 Å². The van der Waals surface area contributed by atoms with Gasteiger partial charge in [-0.05, 0) is 29.0 Å². The summed E-state index contributed by atoms with van der Waals surface area (Å²) >= 11 is 1.29. The molecule has 9 heteroatoms. The van der Waals surface area contributed by atoms with Crippen molar-refractivity contribution in [1.29, 1.82) is 0 Å². The summed E-state index contributed by atoms with van der Waals surface area (Å²) in [4.78, 5) is 31.0. The molecule has 0 unspecified atom stereocenters. The molecule has 2 heterocycles. The highest BCUT2D eigenvalue weighted by molar-refractivity contribution is 7.14. The van der Waals surface area contributed by atoms with Gasteiger partial charge in [-0.2, -0.15) is 0 Å². The van der Waals surface area contributed by atoms with Crippen molar-refractivity contribution in [1.82, 2.24) is 9.97 Å². The number of ether oxygens (including phenoxy) is 1. The average molecular weight is 384 g/mol. The van der Waals surface area contributed by atoms with Crippen molar-refractivity contribution < 1.29 is 14.5 Å². The number of anilines is 1. The highest BCUT2D eigenvalue weighted by atomic mass is 32.1. The summed E-state index contributed by atoms with van der Waals surface area (Å²) in [6.07, 6.45) is -0.961. The van der Waals surface area contributed by atoms with Crippen LogP contribution in [-0.2, 0) is 4.79 Å². The van der Waals surface area contributed by atoms with Crippen LogP contribution in [-0.4, -0.2) is 26.9 Å². The van der Waals surface area contributed by atoms with Crippen molar-refractivity contribution in [3.05, 3.63) is 63.7 Å². The largest absolute Gasteiger partial charge is 0.473 e. The standard InChI is InChI=1S/C18H16N4O4S/c1-11-8-9-15(16(19-11)22(24)25)26-12(2)17(23)21-18-20-14(10-27-18)13-6-4-3-5-7-13/h3-10,12H,1-2H3,(H,20,21,23)/t12-/m1/s1. The molecule has 0 aliphatic heterocycles. The van der Waals surface area contributed by atoms with E-state index in [4.69, 9.17) is 4.74 Å². The monoisotopic (exact) mass is 384 g/mol. The summed E-state index contributed by atoms with van der Waals surface area (Å²) < 4.78 is 5.45. The molecule has 27 heavy (non-hydrogen) atoms. The van der Waals surface area contributed by atoms with Gasteiger partial charge in [-0.15, -0.1) is 11.3 Å². The summed E-state index contributed by atoms with van der Waals surface area (Å²) in [7, 11) is 0. The Hall–Kier alpha value is -3.33. The van der Waals surface area contributed by atoms with Gasteiger partial charge < -0.3 is 14.9 Å². The van der Waals surface area contributed by atoms with E-state index in [0.717, 1.165) is 11.3 Å². The van der Waals surface area contributed by atoms with Crippen LogP contribution >= 0.6 is 11.3 Å². The molecule has 0 aliphatic rings. The van der Waals surface area contributed by atoms with E-state index in [1.54, 1.807) is 13.0 Å². The van der Waals surface area contributed by atoms with Gasteiger partial charge in [-0.3, -0.25) is 10.1 Å². The molecule has 8 nitrogen and oxygen atoms in total. The third-order valence-electron chi connectivity index (χ3n) is 3.63. The molecule has 1 amide bonds.